The summed E-state index contributed by atoms with van der Waals surface area (Å²) in [5.41, 5.74) is 7.32. The summed E-state index contributed by atoms with van der Waals surface area (Å²) in [4.78, 5) is 52.8. The zero-order chi connectivity index (χ0) is 21.1. The number of unbranched alkanes of at least 4 members (excludes halogenated alkanes) is 1. The molecule has 4 rings (SSSR count). The normalized spacial score (nSPS) is 30.1. The number of carbonyl (C=O) groups excluding carboxylic acids is 4. The minimum atomic E-state index is -1.37. The van der Waals surface area contributed by atoms with Crippen LogP contribution in [0.1, 0.15) is 42.9 Å². The number of benzene rings is 1. The molecule has 4 atom stereocenters. The van der Waals surface area contributed by atoms with Gasteiger partial charge in [-0.05, 0) is 31.4 Å². The molecule has 3 aliphatic heterocycles. The fraction of sp³-hybridized carbons (Fsp3) is 0.524. The highest BCUT2D eigenvalue weighted by Gasteiger charge is 2.70. The molecule has 0 radical (unpaired) electrons. The Balaban J connectivity index is 1.86. The first-order chi connectivity index (χ1) is 13.7. The summed E-state index contributed by atoms with van der Waals surface area (Å²) in [5, 5.41) is 6.13. The number of primary amides is 1. The van der Waals surface area contributed by atoms with Gasteiger partial charge in [-0.25, -0.2) is 0 Å². The highest BCUT2D eigenvalue weighted by Crippen LogP contribution is 2.54. The van der Waals surface area contributed by atoms with Crippen LogP contribution in [0.5, 0.6) is 0 Å². The Kier molecular flexibility index (Phi) is 4.49. The van der Waals surface area contributed by atoms with Crippen LogP contribution < -0.4 is 16.4 Å². The van der Waals surface area contributed by atoms with Gasteiger partial charge in [0.1, 0.15) is 5.54 Å². The lowest BCUT2D eigenvalue weighted by molar-refractivity contribution is -0.142. The maximum Gasteiger partial charge on any atom is 0.250 e. The Morgan fingerprint density at radius 3 is 2.59 bits per heavy atom. The van der Waals surface area contributed by atoms with Crippen LogP contribution in [0.3, 0.4) is 0 Å². The number of nitrogens with two attached hydrogens (primary N) is 1. The molecule has 3 aliphatic rings. The molecule has 0 bridgehead atoms. The van der Waals surface area contributed by atoms with Crippen molar-refractivity contribution in [2.45, 2.75) is 51.6 Å². The number of rotatable bonds is 5. The van der Waals surface area contributed by atoms with Gasteiger partial charge in [-0.1, -0.05) is 25.5 Å². The zero-order valence-electron chi connectivity index (χ0n) is 16.9. The topological polar surface area (TPSA) is 122 Å². The van der Waals surface area contributed by atoms with E-state index in [0.717, 1.165) is 17.5 Å². The van der Waals surface area contributed by atoms with Gasteiger partial charge in [-0.15, -0.1) is 0 Å². The van der Waals surface area contributed by atoms with Crippen molar-refractivity contribution < 1.29 is 19.2 Å². The van der Waals surface area contributed by atoms with Gasteiger partial charge in [0, 0.05) is 30.3 Å². The molecule has 4 N–H and O–H groups in total. The molecular formula is C21H26N4O4. The van der Waals surface area contributed by atoms with E-state index in [1.165, 1.54) is 4.90 Å². The molecule has 1 aromatic rings. The molecule has 8 heteroatoms. The van der Waals surface area contributed by atoms with Gasteiger partial charge in [-0.2, -0.15) is 0 Å². The van der Waals surface area contributed by atoms with E-state index in [-0.39, 0.29) is 24.1 Å². The number of amides is 4. The summed E-state index contributed by atoms with van der Waals surface area (Å²) < 4.78 is 0. The van der Waals surface area contributed by atoms with Crippen molar-refractivity contribution in [1.82, 2.24) is 10.2 Å². The highest BCUT2D eigenvalue weighted by atomic mass is 16.2. The quantitative estimate of drug-likeness (QED) is 0.631. The van der Waals surface area contributed by atoms with Crippen molar-refractivity contribution in [3.8, 4) is 0 Å². The average Bonchev–Trinajstić information content (AvgIpc) is 3.22. The van der Waals surface area contributed by atoms with Crippen LogP contribution in [-0.4, -0.2) is 41.1 Å². The molecule has 0 aromatic heterocycles. The van der Waals surface area contributed by atoms with Crippen LogP contribution in [0.4, 0.5) is 5.69 Å². The van der Waals surface area contributed by atoms with Crippen LogP contribution in [0, 0.1) is 25.7 Å². The summed E-state index contributed by atoms with van der Waals surface area (Å²) >= 11 is 0. The van der Waals surface area contributed by atoms with Gasteiger partial charge in [-0.3, -0.25) is 29.4 Å². The number of aryl methyl sites for hydroxylation is 1. The third-order valence-corrected chi connectivity index (χ3v) is 6.67. The van der Waals surface area contributed by atoms with E-state index in [9.17, 15) is 19.2 Å². The van der Waals surface area contributed by atoms with E-state index < -0.39 is 29.3 Å². The second-order valence-electron chi connectivity index (χ2n) is 8.30. The van der Waals surface area contributed by atoms with Crippen LogP contribution >= 0.6 is 0 Å². The number of nitrogens with one attached hydrogen (secondary N) is 2. The average molecular weight is 398 g/mol. The van der Waals surface area contributed by atoms with Crippen molar-refractivity contribution >= 4 is 29.3 Å². The summed E-state index contributed by atoms with van der Waals surface area (Å²) in [6, 6.07) is 3.07. The molecule has 0 saturated carbocycles. The number of hydrogen-bond donors (Lipinski definition) is 3. The summed E-state index contributed by atoms with van der Waals surface area (Å²) in [6.07, 6.45) is 1.41. The van der Waals surface area contributed by atoms with Gasteiger partial charge >= 0.3 is 0 Å². The maximum absolute atomic E-state index is 13.4. The first-order valence-electron chi connectivity index (χ1n) is 10.1. The van der Waals surface area contributed by atoms with Crippen LogP contribution in [0.2, 0.25) is 0 Å². The van der Waals surface area contributed by atoms with Gasteiger partial charge in [0.05, 0.1) is 11.8 Å². The maximum atomic E-state index is 13.4. The first kappa shape index (κ1) is 19.6. The Labute approximate surface area is 169 Å². The number of hydrogen-bond acceptors (Lipinski definition) is 5. The Bertz CT molecular complexity index is 943. The second-order valence-corrected chi connectivity index (χ2v) is 8.30. The molecule has 1 aromatic carbocycles. The Morgan fingerprint density at radius 2 is 1.93 bits per heavy atom. The molecular weight excluding hydrogens is 372 g/mol. The highest BCUT2D eigenvalue weighted by molar-refractivity contribution is 6.15. The number of nitrogens with zero attached hydrogens (tertiary/aromatic N) is 1. The first-order valence-corrected chi connectivity index (χ1v) is 10.1. The van der Waals surface area contributed by atoms with Crippen LogP contribution in [0.15, 0.2) is 12.1 Å². The molecule has 154 valence electrons. The summed E-state index contributed by atoms with van der Waals surface area (Å²) in [7, 11) is 0. The molecule has 2 fully saturated rings. The predicted molar refractivity (Wildman–Crippen MR) is 106 cm³/mol. The van der Waals surface area contributed by atoms with Gasteiger partial charge in [0.2, 0.25) is 23.6 Å². The standard InChI is InChI=1S/C21H26N4O4/c1-4-5-8-25-18(27)15-13(9-14(22)26)24-21(16(15)19(25)28)12-7-6-10(2)11(3)17(12)23-20(21)29/h6-7,13,15-16,24H,4-5,8-9H2,1-3H3,(H2,22,26)(H,23,29)/t13-,15+,16-,21+/m0/s1. The van der Waals surface area contributed by atoms with E-state index in [0.29, 0.717) is 24.2 Å². The minimum Gasteiger partial charge on any atom is -0.370 e. The minimum absolute atomic E-state index is 0.114. The number of imide groups is 1. The van der Waals surface area contributed by atoms with E-state index in [2.05, 4.69) is 10.6 Å². The van der Waals surface area contributed by atoms with Crippen LogP contribution in [0.25, 0.3) is 0 Å². The molecule has 3 heterocycles. The third kappa shape index (κ3) is 2.55. The predicted octanol–water partition coefficient (Wildman–Crippen LogP) is 0.699. The van der Waals surface area contributed by atoms with Gasteiger partial charge in [0.25, 0.3) is 0 Å². The fourth-order valence-electron chi connectivity index (χ4n) is 5.11. The lowest BCUT2D eigenvalue weighted by Gasteiger charge is -2.29. The molecule has 29 heavy (non-hydrogen) atoms. The van der Waals surface area contributed by atoms with Crippen molar-refractivity contribution in [1.29, 1.82) is 0 Å². The largest absolute Gasteiger partial charge is 0.370 e. The molecule has 8 nitrogen and oxygen atoms in total. The molecule has 1 spiro atoms. The number of likely N-dealkylation sites (tertiary alicyclic amines) is 1. The van der Waals surface area contributed by atoms with E-state index >= 15 is 0 Å². The summed E-state index contributed by atoms with van der Waals surface area (Å²) in [6.45, 7) is 6.17. The number of anilines is 1. The van der Waals surface area contributed by atoms with Crippen LogP contribution in [-0.2, 0) is 24.7 Å². The van der Waals surface area contributed by atoms with Crippen molar-refractivity contribution in [3.63, 3.8) is 0 Å². The Morgan fingerprint density at radius 1 is 1.21 bits per heavy atom. The van der Waals surface area contributed by atoms with E-state index in [1.807, 2.05) is 32.9 Å². The lowest BCUT2D eigenvalue weighted by Crippen LogP contribution is -2.53. The number of carbonyl (C=O) groups is 4. The zero-order valence-corrected chi connectivity index (χ0v) is 16.9. The third-order valence-electron chi connectivity index (χ3n) is 6.67. The van der Waals surface area contributed by atoms with Gasteiger partial charge < -0.3 is 11.1 Å². The van der Waals surface area contributed by atoms with Gasteiger partial charge in [0.15, 0.2) is 0 Å². The molecule has 2 saturated heterocycles. The van der Waals surface area contributed by atoms with Crippen molar-refractivity contribution in [3.05, 3.63) is 28.8 Å². The fourth-order valence-corrected chi connectivity index (χ4v) is 5.11. The number of fused-ring (bicyclic) bond motifs is 4. The van der Waals surface area contributed by atoms with E-state index in [1.54, 1.807) is 0 Å². The lowest BCUT2D eigenvalue weighted by atomic mass is 9.76. The molecule has 0 unspecified atom stereocenters. The van der Waals surface area contributed by atoms with Crippen molar-refractivity contribution in [2.75, 3.05) is 11.9 Å². The monoisotopic (exact) mass is 398 g/mol. The summed E-state index contributed by atoms with van der Waals surface area (Å²) in [5.74, 6) is -3.29. The molecule has 0 aliphatic carbocycles. The van der Waals surface area contributed by atoms with Crippen molar-refractivity contribution in [2.24, 2.45) is 17.6 Å². The second kappa shape index (κ2) is 6.66. The Hall–Kier alpha value is -2.74. The molecule has 4 amide bonds. The van der Waals surface area contributed by atoms with E-state index in [4.69, 9.17) is 5.73 Å². The SMILES string of the molecule is CCCCN1C(=O)[C@@H]2[C@H](CC(N)=O)N[C@@]3(C(=O)Nc4c3ccc(C)c4C)[C@@H]2C1=O. The smallest absolute Gasteiger partial charge is 0.250 e.